The highest BCUT2D eigenvalue weighted by atomic mass is 79.9. The van der Waals surface area contributed by atoms with Gasteiger partial charge in [0, 0.05) is 32.7 Å². The third kappa shape index (κ3) is 5.87. The number of fused-ring (bicyclic) bond motifs is 3. The number of para-hydroxylation sites is 1. The van der Waals surface area contributed by atoms with Crippen molar-refractivity contribution in [3.05, 3.63) is 130 Å². The fourth-order valence-corrected chi connectivity index (χ4v) is 12.2. The number of nitrogens with one attached hydrogen (secondary N) is 1. The van der Waals surface area contributed by atoms with E-state index in [1.54, 1.807) is 0 Å². The molecule has 4 aromatic carbocycles. The Morgan fingerprint density at radius 1 is 0.870 bits per heavy atom. The Labute approximate surface area is 276 Å². The summed E-state index contributed by atoms with van der Waals surface area (Å²) in [5.41, 5.74) is 1.96. The van der Waals surface area contributed by atoms with E-state index in [9.17, 15) is 0 Å². The Kier molecular flexibility index (Phi) is 8.82. The molecule has 46 heavy (non-hydrogen) atoms. The lowest BCUT2D eigenvalue weighted by Crippen LogP contribution is -2.67. The average Bonchev–Trinajstić information content (AvgIpc) is 3.37. The molecule has 3 nitrogen and oxygen atoms in total. The second-order valence-electron chi connectivity index (χ2n) is 13.3. The lowest BCUT2D eigenvalue weighted by Gasteiger charge is -2.45. The van der Waals surface area contributed by atoms with Crippen LogP contribution in [0.2, 0.25) is 5.04 Å². The number of alkyl halides is 2. The molecule has 1 aromatic heterocycles. The molecule has 0 saturated heterocycles. The summed E-state index contributed by atoms with van der Waals surface area (Å²) >= 11 is 3.17. The number of aromatic nitrogens is 1. The van der Waals surface area contributed by atoms with Gasteiger partial charge in [0.1, 0.15) is 11.6 Å². The van der Waals surface area contributed by atoms with Crippen molar-refractivity contribution in [3.8, 4) is 0 Å². The fourth-order valence-electron chi connectivity index (χ4n) is 7.17. The Hall–Kier alpha value is -3.24. The van der Waals surface area contributed by atoms with E-state index in [4.69, 9.17) is 4.43 Å². The Balaban J connectivity index is 1.41. The second kappa shape index (κ2) is 12.4. The SMILES string of the molecule is C[C@@H]1Cc2c([nH]c3ccccc23)[C@H](c2c(F)cc(Br)cc2F)N1CC(F)(F)CO[Si](c1ccccc1)(c1ccccc1)C(C)(C)C. The zero-order chi connectivity index (χ0) is 32.9. The zero-order valence-electron chi connectivity index (χ0n) is 26.3. The van der Waals surface area contributed by atoms with Gasteiger partial charge in [0.05, 0.1) is 19.2 Å². The number of aromatic amines is 1. The van der Waals surface area contributed by atoms with Crippen LogP contribution in [-0.4, -0.2) is 43.3 Å². The molecule has 0 bridgehead atoms. The van der Waals surface area contributed by atoms with Gasteiger partial charge in [-0.2, -0.15) is 0 Å². The number of halogens is 5. The molecular formula is C37H37BrF4N2OSi. The predicted octanol–water partition coefficient (Wildman–Crippen LogP) is 8.76. The summed E-state index contributed by atoms with van der Waals surface area (Å²) in [4.78, 5) is 4.86. The van der Waals surface area contributed by atoms with Crippen molar-refractivity contribution >= 4 is 45.5 Å². The van der Waals surface area contributed by atoms with Crippen LogP contribution in [0.15, 0.2) is 102 Å². The van der Waals surface area contributed by atoms with Crippen LogP contribution < -0.4 is 10.4 Å². The first-order valence-electron chi connectivity index (χ1n) is 15.4. The molecule has 1 N–H and O–H groups in total. The largest absolute Gasteiger partial charge is 0.401 e. The summed E-state index contributed by atoms with van der Waals surface area (Å²) in [6.45, 7) is 6.36. The predicted molar refractivity (Wildman–Crippen MR) is 183 cm³/mol. The molecule has 0 spiro atoms. The lowest BCUT2D eigenvalue weighted by molar-refractivity contribution is -0.0825. The maximum atomic E-state index is 16.5. The van der Waals surface area contributed by atoms with E-state index < -0.39 is 56.1 Å². The van der Waals surface area contributed by atoms with Crippen LogP contribution in [0.1, 0.15) is 50.6 Å². The minimum atomic E-state index is -3.36. The highest BCUT2D eigenvalue weighted by molar-refractivity contribution is 9.10. The van der Waals surface area contributed by atoms with E-state index in [-0.39, 0.29) is 10.0 Å². The van der Waals surface area contributed by atoms with Crippen molar-refractivity contribution in [1.29, 1.82) is 0 Å². The summed E-state index contributed by atoms with van der Waals surface area (Å²) in [6.07, 6.45) is 0.446. The molecule has 5 aromatic rings. The van der Waals surface area contributed by atoms with Crippen LogP contribution in [0.5, 0.6) is 0 Å². The summed E-state index contributed by atoms with van der Waals surface area (Å²) < 4.78 is 71.2. The quantitative estimate of drug-likeness (QED) is 0.129. The smallest absolute Gasteiger partial charge is 0.282 e. The number of benzene rings is 4. The summed E-state index contributed by atoms with van der Waals surface area (Å²) in [7, 11) is -3.26. The molecule has 9 heteroatoms. The third-order valence-electron chi connectivity index (χ3n) is 9.17. The van der Waals surface area contributed by atoms with E-state index in [0.717, 1.165) is 26.8 Å². The van der Waals surface area contributed by atoms with Crippen LogP contribution in [0.3, 0.4) is 0 Å². The first-order chi connectivity index (χ1) is 21.8. The molecule has 0 saturated carbocycles. The van der Waals surface area contributed by atoms with Gasteiger partial charge in [0.25, 0.3) is 14.2 Å². The molecule has 2 atom stereocenters. The van der Waals surface area contributed by atoms with Crippen molar-refractivity contribution in [3.63, 3.8) is 0 Å². The minimum Gasteiger partial charge on any atom is -0.401 e. The Bertz CT molecular complexity index is 1780. The standard InChI is InChI=1S/C37H37BrF4N2OSi/c1-24-19-29-28-17-11-12-18-32(28)43-34(29)35(33-30(39)20-25(38)21-31(33)40)44(24)22-37(41,42)23-45-46(36(2,3)4,26-13-7-5-8-14-26)27-15-9-6-10-16-27/h5-18,20-21,24,35,43H,19,22-23H2,1-4H3/t24-,35+/m1/s1. The molecule has 2 heterocycles. The van der Waals surface area contributed by atoms with Gasteiger partial charge in [-0.3, -0.25) is 4.90 Å². The van der Waals surface area contributed by atoms with Gasteiger partial charge in [-0.05, 0) is 52.5 Å². The van der Waals surface area contributed by atoms with Crippen LogP contribution in [0, 0.1) is 11.6 Å². The highest BCUT2D eigenvalue weighted by Crippen LogP contribution is 2.44. The second-order valence-corrected chi connectivity index (χ2v) is 18.5. The third-order valence-corrected chi connectivity index (χ3v) is 14.6. The molecule has 6 rings (SSSR count). The van der Waals surface area contributed by atoms with Crippen molar-refractivity contribution in [2.24, 2.45) is 0 Å². The van der Waals surface area contributed by atoms with E-state index in [1.807, 2.05) is 113 Å². The van der Waals surface area contributed by atoms with Gasteiger partial charge in [0.15, 0.2) is 0 Å². The number of nitrogens with zero attached hydrogens (tertiary/aromatic N) is 1. The lowest BCUT2D eigenvalue weighted by atomic mass is 9.88. The average molecular weight is 710 g/mol. The van der Waals surface area contributed by atoms with Crippen LogP contribution in [0.4, 0.5) is 17.6 Å². The summed E-state index contributed by atoms with van der Waals surface area (Å²) in [6, 6.07) is 27.7. The van der Waals surface area contributed by atoms with Crippen molar-refractivity contribution in [2.75, 3.05) is 13.2 Å². The highest BCUT2D eigenvalue weighted by Gasteiger charge is 2.52. The molecule has 0 fully saturated rings. The minimum absolute atomic E-state index is 0.238. The van der Waals surface area contributed by atoms with E-state index >= 15 is 17.6 Å². The zero-order valence-corrected chi connectivity index (χ0v) is 28.8. The molecule has 0 radical (unpaired) electrons. The monoisotopic (exact) mass is 708 g/mol. The van der Waals surface area contributed by atoms with Gasteiger partial charge in [-0.25, -0.2) is 17.6 Å². The molecule has 0 amide bonds. The van der Waals surface area contributed by atoms with Gasteiger partial charge in [-0.15, -0.1) is 0 Å². The topological polar surface area (TPSA) is 28.3 Å². The van der Waals surface area contributed by atoms with E-state index in [1.165, 1.54) is 17.0 Å². The number of hydrogen-bond donors (Lipinski definition) is 1. The van der Waals surface area contributed by atoms with Crippen LogP contribution in [-0.2, 0) is 10.8 Å². The first kappa shape index (κ1) is 32.7. The maximum Gasteiger partial charge on any atom is 0.282 e. The maximum absolute atomic E-state index is 16.5. The van der Waals surface area contributed by atoms with Crippen LogP contribution >= 0.6 is 15.9 Å². The van der Waals surface area contributed by atoms with Gasteiger partial charge in [0.2, 0.25) is 0 Å². The molecule has 1 aliphatic rings. The van der Waals surface area contributed by atoms with E-state index in [0.29, 0.717) is 12.1 Å². The first-order valence-corrected chi connectivity index (χ1v) is 18.1. The molecule has 0 unspecified atom stereocenters. The molecular weight excluding hydrogens is 672 g/mol. The summed E-state index contributed by atoms with van der Waals surface area (Å²) in [5, 5.41) is 2.23. The van der Waals surface area contributed by atoms with Gasteiger partial charge < -0.3 is 9.41 Å². The fraction of sp³-hybridized carbons (Fsp3) is 0.297. The Morgan fingerprint density at radius 3 is 1.98 bits per heavy atom. The Morgan fingerprint density at radius 2 is 1.41 bits per heavy atom. The molecule has 0 aliphatic carbocycles. The number of rotatable bonds is 8. The number of H-pyrrole nitrogens is 1. The summed E-state index contributed by atoms with van der Waals surface area (Å²) in [5.74, 6) is -4.95. The molecule has 1 aliphatic heterocycles. The van der Waals surface area contributed by atoms with Gasteiger partial charge >= 0.3 is 0 Å². The van der Waals surface area contributed by atoms with Crippen molar-refractivity contribution in [2.45, 2.75) is 57.2 Å². The van der Waals surface area contributed by atoms with Crippen molar-refractivity contribution in [1.82, 2.24) is 9.88 Å². The normalized spacial score (nSPS) is 17.8. The van der Waals surface area contributed by atoms with Crippen LogP contribution in [0.25, 0.3) is 10.9 Å². The molecule has 240 valence electrons. The van der Waals surface area contributed by atoms with E-state index in [2.05, 4.69) is 20.9 Å². The van der Waals surface area contributed by atoms with Gasteiger partial charge in [-0.1, -0.05) is 116 Å². The van der Waals surface area contributed by atoms with Crippen molar-refractivity contribution < 1.29 is 22.0 Å². The number of hydrogen-bond acceptors (Lipinski definition) is 2.